The lowest BCUT2D eigenvalue weighted by Gasteiger charge is -2.11. The summed E-state index contributed by atoms with van der Waals surface area (Å²) in [7, 11) is 0. The molecule has 0 bridgehead atoms. The molecule has 1 atom stereocenters. The van der Waals surface area contributed by atoms with Crippen LogP contribution in [0.3, 0.4) is 0 Å². The van der Waals surface area contributed by atoms with Gasteiger partial charge in [0.05, 0.1) is 4.88 Å². The molecule has 14 heavy (non-hydrogen) atoms. The number of carbonyl (C=O) groups excluding carboxylic acids is 1. The van der Waals surface area contributed by atoms with Crippen molar-refractivity contribution in [1.82, 2.24) is 0 Å². The minimum Gasteiger partial charge on any atom is -0.293 e. The van der Waals surface area contributed by atoms with Crippen LogP contribution in [-0.2, 0) is 0 Å². The Balaban J connectivity index is 2.56. The molecule has 0 aromatic carbocycles. The zero-order valence-corrected chi connectivity index (χ0v) is 9.77. The first-order valence-electron chi connectivity index (χ1n) is 5.37. The highest BCUT2D eigenvalue weighted by molar-refractivity contribution is 7.12. The van der Waals surface area contributed by atoms with E-state index in [9.17, 15) is 4.79 Å². The van der Waals surface area contributed by atoms with Gasteiger partial charge in [-0.1, -0.05) is 32.8 Å². The molecule has 0 N–H and O–H groups in total. The molecule has 78 valence electrons. The van der Waals surface area contributed by atoms with E-state index >= 15 is 0 Å². The molecule has 1 rings (SSSR count). The van der Waals surface area contributed by atoms with Gasteiger partial charge in [0.25, 0.3) is 0 Å². The van der Waals surface area contributed by atoms with Gasteiger partial charge in [-0.15, -0.1) is 11.3 Å². The van der Waals surface area contributed by atoms with Crippen molar-refractivity contribution in [2.24, 2.45) is 5.92 Å². The summed E-state index contributed by atoms with van der Waals surface area (Å²) < 4.78 is 0. The zero-order chi connectivity index (χ0) is 10.4. The van der Waals surface area contributed by atoms with Crippen LogP contribution in [0.5, 0.6) is 0 Å². The van der Waals surface area contributed by atoms with Gasteiger partial charge in [0.1, 0.15) is 0 Å². The molecule has 0 spiro atoms. The molecule has 0 aliphatic heterocycles. The van der Waals surface area contributed by atoms with Crippen LogP contribution in [0.25, 0.3) is 0 Å². The van der Waals surface area contributed by atoms with Gasteiger partial charge in [0.2, 0.25) is 0 Å². The number of ketones is 1. The van der Waals surface area contributed by atoms with Gasteiger partial charge in [-0.2, -0.15) is 0 Å². The van der Waals surface area contributed by atoms with Crippen molar-refractivity contribution < 1.29 is 4.79 Å². The number of hydrogen-bond donors (Lipinski definition) is 0. The first kappa shape index (κ1) is 11.4. The molecule has 0 fully saturated rings. The summed E-state index contributed by atoms with van der Waals surface area (Å²) in [6.45, 7) is 4.27. The summed E-state index contributed by atoms with van der Waals surface area (Å²) in [6.07, 6.45) is 4.35. The van der Waals surface area contributed by atoms with Gasteiger partial charge < -0.3 is 0 Å². The average Bonchev–Trinajstić information content (AvgIpc) is 2.71. The van der Waals surface area contributed by atoms with E-state index in [0.717, 1.165) is 24.1 Å². The largest absolute Gasteiger partial charge is 0.293 e. The van der Waals surface area contributed by atoms with E-state index in [1.165, 1.54) is 6.42 Å². The van der Waals surface area contributed by atoms with Crippen molar-refractivity contribution in [3.8, 4) is 0 Å². The Labute approximate surface area is 90.2 Å². The minimum absolute atomic E-state index is 0.244. The van der Waals surface area contributed by atoms with Gasteiger partial charge in [-0.05, 0) is 24.3 Å². The Hall–Kier alpha value is -0.630. The summed E-state index contributed by atoms with van der Waals surface area (Å²) in [6, 6.07) is 3.88. The van der Waals surface area contributed by atoms with Gasteiger partial charge >= 0.3 is 0 Å². The van der Waals surface area contributed by atoms with Crippen molar-refractivity contribution in [2.45, 2.75) is 39.5 Å². The van der Waals surface area contributed by atoms with Crippen molar-refractivity contribution in [3.05, 3.63) is 22.4 Å². The Kier molecular flexibility index (Phi) is 4.88. The fourth-order valence-corrected chi connectivity index (χ4v) is 2.33. The van der Waals surface area contributed by atoms with Crippen LogP contribution in [0.1, 0.15) is 49.2 Å². The predicted octanol–water partition coefficient (Wildman–Crippen LogP) is 4.15. The molecule has 2 heteroatoms. The minimum atomic E-state index is 0.244. The van der Waals surface area contributed by atoms with E-state index in [4.69, 9.17) is 0 Å². The number of thiophene rings is 1. The first-order chi connectivity index (χ1) is 6.79. The van der Waals surface area contributed by atoms with E-state index < -0.39 is 0 Å². The SMILES string of the molecule is CCCC[C@H](CC)C(=O)c1cccs1. The van der Waals surface area contributed by atoms with Crippen LogP contribution >= 0.6 is 11.3 Å². The molecule has 1 nitrogen and oxygen atoms in total. The molecule has 0 aliphatic carbocycles. The Morgan fingerprint density at radius 1 is 1.50 bits per heavy atom. The molecular weight excluding hydrogens is 192 g/mol. The van der Waals surface area contributed by atoms with E-state index in [0.29, 0.717) is 5.78 Å². The van der Waals surface area contributed by atoms with Crippen molar-refractivity contribution in [3.63, 3.8) is 0 Å². The van der Waals surface area contributed by atoms with Crippen LogP contribution in [0.15, 0.2) is 17.5 Å². The molecule has 1 aromatic rings. The van der Waals surface area contributed by atoms with E-state index in [1.807, 2.05) is 17.5 Å². The quantitative estimate of drug-likeness (QED) is 0.645. The Bertz CT molecular complexity index is 264. The van der Waals surface area contributed by atoms with Gasteiger partial charge in [-0.25, -0.2) is 0 Å². The van der Waals surface area contributed by atoms with E-state index in [2.05, 4.69) is 13.8 Å². The number of unbranched alkanes of at least 4 members (excludes halogenated alkanes) is 1. The van der Waals surface area contributed by atoms with Crippen molar-refractivity contribution in [1.29, 1.82) is 0 Å². The third-order valence-corrected chi connectivity index (χ3v) is 3.42. The lowest BCUT2D eigenvalue weighted by Crippen LogP contribution is -2.12. The third-order valence-electron chi connectivity index (χ3n) is 2.53. The normalized spacial score (nSPS) is 12.7. The second-order valence-electron chi connectivity index (χ2n) is 3.59. The van der Waals surface area contributed by atoms with Crippen molar-refractivity contribution >= 4 is 17.1 Å². The average molecular weight is 210 g/mol. The standard InChI is InChI=1S/C12H18OS/c1-3-5-7-10(4-2)12(13)11-8-6-9-14-11/h6,8-10H,3-5,7H2,1-2H3/t10-/m0/s1. The lowest BCUT2D eigenvalue weighted by molar-refractivity contribution is 0.0912. The maximum atomic E-state index is 12.0. The molecule has 0 saturated heterocycles. The maximum Gasteiger partial charge on any atom is 0.175 e. The number of rotatable bonds is 6. The molecule has 0 saturated carbocycles. The van der Waals surface area contributed by atoms with Crippen LogP contribution in [0.4, 0.5) is 0 Å². The summed E-state index contributed by atoms with van der Waals surface area (Å²) in [4.78, 5) is 12.9. The maximum absolute atomic E-state index is 12.0. The summed E-state index contributed by atoms with van der Waals surface area (Å²) >= 11 is 1.56. The molecule has 1 heterocycles. The summed E-state index contributed by atoms with van der Waals surface area (Å²) in [5.74, 6) is 0.588. The smallest absolute Gasteiger partial charge is 0.175 e. The predicted molar refractivity (Wildman–Crippen MR) is 62.0 cm³/mol. The summed E-state index contributed by atoms with van der Waals surface area (Å²) in [5, 5.41) is 1.97. The third kappa shape index (κ3) is 2.95. The first-order valence-corrected chi connectivity index (χ1v) is 6.25. The molecular formula is C12H18OS. The van der Waals surface area contributed by atoms with Gasteiger partial charge in [-0.3, -0.25) is 4.79 Å². The van der Waals surface area contributed by atoms with Crippen LogP contribution in [-0.4, -0.2) is 5.78 Å². The van der Waals surface area contributed by atoms with Crippen LogP contribution in [0.2, 0.25) is 0 Å². The van der Waals surface area contributed by atoms with E-state index in [-0.39, 0.29) is 5.92 Å². The van der Waals surface area contributed by atoms with Gasteiger partial charge in [0, 0.05) is 5.92 Å². The van der Waals surface area contributed by atoms with Gasteiger partial charge in [0.15, 0.2) is 5.78 Å². The highest BCUT2D eigenvalue weighted by atomic mass is 32.1. The van der Waals surface area contributed by atoms with E-state index in [1.54, 1.807) is 11.3 Å². The molecule has 0 unspecified atom stereocenters. The molecule has 1 aromatic heterocycles. The lowest BCUT2D eigenvalue weighted by atomic mass is 9.94. The second kappa shape index (κ2) is 5.97. The second-order valence-corrected chi connectivity index (χ2v) is 4.54. The number of hydrogen-bond acceptors (Lipinski definition) is 2. The Morgan fingerprint density at radius 3 is 2.79 bits per heavy atom. The molecule has 0 amide bonds. The molecule has 0 aliphatic rings. The Morgan fingerprint density at radius 2 is 2.29 bits per heavy atom. The monoisotopic (exact) mass is 210 g/mol. The van der Waals surface area contributed by atoms with Crippen molar-refractivity contribution in [2.75, 3.05) is 0 Å². The highest BCUT2D eigenvalue weighted by Crippen LogP contribution is 2.21. The number of carbonyl (C=O) groups is 1. The summed E-state index contributed by atoms with van der Waals surface area (Å²) in [5.41, 5.74) is 0. The zero-order valence-electron chi connectivity index (χ0n) is 8.95. The fraction of sp³-hybridized carbons (Fsp3) is 0.583. The molecule has 0 radical (unpaired) electrons. The van der Waals surface area contributed by atoms with Crippen LogP contribution in [0, 0.1) is 5.92 Å². The topological polar surface area (TPSA) is 17.1 Å². The van der Waals surface area contributed by atoms with Crippen LogP contribution < -0.4 is 0 Å². The number of Topliss-reactive ketones (excluding diaryl/α,β-unsaturated/α-hetero) is 1. The fourth-order valence-electron chi connectivity index (χ4n) is 1.59. The highest BCUT2D eigenvalue weighted by Gasteiger charge is 2.17.